The van der Waals surface area contributed by atoms with Crippen LogP contribution in [0.5, 0.6) is 0 Å². The molecule has 19 aromatic rings. The first-order valence-corrected chi connectivity index (χ1v) is 31.5. The molecule has 0 saturated heterocycles. The molecule has 0 heteroatoms. The summed E-state index contributed by atoms with van der Waals surface area (Å²) < 4.78 is 0. The summed E-state index contributed by atoms with van der Waals surface area (Å²) in [5.74, 6) is 0. The lowest BCUT2D eigenvalue weighted by molar-refractivity contribution is 1.72. The van der Waals surface area contributed by atoms with Crippen molar-refractivity contribution in [3.63, 3.8) is 0 Å². The van der Waals surface area contributed by atoms with Gasteiger partial charge in [0.25, 0.3) is 0 Å². The molecule has 19 rings (SSSR count). The predicted octanol–water partition coefficient (Wildman–Crippen LogP) is 26.2. The van der Waals surface area contributed by atoms with Gasteiger partial charge < -0.3 is 0 Å². The second-order valence-corrected chi connectivity index (χ2v) is 22.3. The highest BCUT2D eigenvalue weighted by molar-refractivity contribution is 6.07. The lowest BCUT2D eigenvalue weighted by atomic mass is 10.0. The molecule has 0 aliphatic rings. The van der Waals surface area contributed by atoms with Crippen molar-refractivity contribution in [3.8, 4) is 0 Å². The Hall–Kier alpha value is -12.0. The molecule has 0 aliphatic heterocycles. The lowest BCUT2D eigenvalue weighted by Gasteiger charge is -2.02. The minimum atomic E-state index is 1.31. The molecule has 0 N–H and O–H groups in total. The van der Waals surface area contributed by atoms with Crippen LogP contribution in [0.2, 0.25) is 0 Å². The zero-order chi connectivity index (χ0) is 62.2. The van der Waals surface area contributed by atoms with Crippen molar-refractivity contribution in [2.45, 2.75) is 0 Å². The van der Waals surface area contributed by atoms with E-state index in [0.29, 0.717) is 0 Å². The Balaban J connectivity index is 0.000000102. The molecular formula is C92H70. The summed E-state index contributed by atoms with van der Waals surface area (Å²) in [6.07, 6.45) is 0. The van der Waals surface area contributed by atoms with E-state index in [1.54, 1.807) is 0 Å². The van der Waals surface area contributed by atoms with Gasteiger partial charge in [0, 0.05) is 0 Å². The van der Waals surface area contributed by atoms with Crippen LogP contribution in [0.25, 0.3) is 118 Å². The summed E-state index contributed by atoms with van der Waals surface area (Å²) in [5, 5.41) is 28.9. The third kappa shape index (κ3) is 16.2. The molecule has 0 heterocycles. The Labute approximate surface area is 539 Å². The molecule has 0 bridgehead atoms. The summed E-state index contributed by atoms with van der Waals surface area (Å²) in [6, 6.07) is 148. The quantitative estimate of drug-likeness (QED) is 0.105. The summed E-state index contributed by atoms with van der Waals surface area (Å²) in [6.45, 7) is 0. The number of hydrogen-bond donors (Lipinski definition) is 0. The fraction of sp³-hybridized carbons (Fsp3) is 0. The van der Waals surface area contributed by atoms with Gasteiger partial charge in [-0.3, -0.25) is 0 Å². The van der Waals surface area contributed by atoms with Crippen LogP contribution in [0.3, 0.4) is 0 Å². The van der Waals surface area contributed by atoms with Crippen LogP contribution in [-0.4, -0.2) is 0 Å². The Bertz CT molecular complexity index is 4440. The van der Waals surface area contributed by atoms with Gasteiger partial charge in [0.2, 0.25) is 0 Å². The maximum atomic E-state index is 2.24. The molecule has 438 valence electrons. The van der Waals surface area contributed by atoms with Crippen LogP contribution >= 0.6 is 0 Å². The molecule has 0 fully saturated rings. The first kappa shape index (κ1) is 60.3. The lowest BCUT2D eigenvalue weighted by Crippen LogP contribution is -1.75. The van der Waals surface area contributed by atoms with Crippen molar-refractivity contribution < 1.29 is 0 Å². The number of benzene rings is 19. The highest BCUT2D eigenvalue weighted by Crippen LogP contribution is 2.27. The van der Waals surface area contributed by atoms with Gasteiger partial charge >= 0.3 is 0 Å². The third-order valence-corrected chi connectivity index (χ3v) is 16.1. The topological polar surface area (TPSA) is 0 Å². The first-order valence-electron chi connectivity index (χ1n) is 31.5. The van der Waals surface area contributed by atoms with E-state index < -0.39 is 0 Å². The molecule has 0 saturated carbocycles. The summed E-state index contributed by atoms with van der Waals surface area (Å²) in [7, 11) is 0. The van der Waals surface area contributed by atoms with E-state index in [1.807, 2.05) is 36.4 Å². The smallest absolute Gasteiger partial charge is 0.0105 e. The van der Waals surface area contributed by atoms with Crippen molar-refractivity contribution in [2.24, 2.45) is 0 Å². The maximum Gasteiger partial charge on any atom is -0.0105 e. The van der Waals surface area contributed by atoms with Gasteiger partial charge in [-0.15, -0.1) is 0 Å². The minimum Gasteiger partial charge on any atom is -0.0623 e. The normalized spacial score (nSPS) is 10.4. The van der Waals surface area contributed by atoms with Crippen molar-refractivity contribution in [1.29, 1.82) is 0 Å². The number of rotatable bonds is 0. The van der Waals surface area contributed by atoms with Crippen LogP contribution in [0.1, 0.15) is 0 Å². The van der Waals surface area contributed by atoms with Crippen LogP contribution in [0.15, 0.2) is 425 Å². The SMILES string of the molecule is c1ccc2c(c1)ccc1ccccc12.c1ccc2cc3ccccc3cc2c1.c1ccc2cc3ccccc3cc2c1.c1ccc2cc3ccccc3cc2c1.c1ccc2ccccc2c1.c1ccc2ccccc2c1.c1ccc2ccccc2c1.c1ccccc1. The van der Waals surface area contributed by atoms with Crippen LogP contribution in [0, 0.1) is 0 Å². The van der Waals surface area contributed by atoms with Gasteiger partial charge in [0.05, 0.1) is 0 Å². The van der Waals surface area contributed by atoms with Gasteiger partial charge in [-0.2, -0.15) is 0 Å². The Kier molecular flexibility index (Phi) is 20.5. The molecule has 0 aromatic heterocycles. The van der Waals surface area contributed by atoms with Crippen LogP contribution < -0.4 is 0 Å². The van der Waals surface area contributed by atoms with Crippen molar-refractivity contribution >= 4 is 118 Å². The van der Waals surface area contributed by atoms with Crippen molar-refractivity contribution in [1.82, 2.24) is 0 Å². The fourth-order valence-electron chi connectivity index (χ4n) is 11.4. The standard InChI is InChI=1S/4C14H10.3C10H8.C6H6/c1-3-7-13-11(5-1)9-10-12-6-2-4-8-14(12)13;3*1-2-6-12-10-14-8-4-3-7-13(14)9-11(12)5-1;3*1-2-6-10-8-4-3-7-9(10)5-1;1-2-4-6-5-3-1/h4*1-10H;3*1-8H;1-6H. The Morgan fingerprint density at radius 3 is 0.326 bits per heavy atom. The van der Waals surface area contributed by atoms with Crippen LogP contribution in [-0.2, 0) is 0 Å². The van der Waals surface area contributed by atoms with E-state index >= 15 is 0 Å². The minimum absolute atomic E-state index is 1.31. The highest BCUT2D eigenvalue weighted by Gasteiger charge is 2.00. The first-order chi connectivity index (χ1) is 45.6. The largest absolute Gasteiger partial charge is 0.0623 e. The van der Waals surface area contributed by atoms with Gasteiger partial charge in [0.15, 0.2) is 0 Å². The Morgan fingerprint density at radius 1 is 0.0761 bits per heavy atom. The number of hydrogen-bond acceptors (Lipinski definition) is 0. The molecule has 0 aliphatic carbocycles. The number of fused-ring (bicyclic) bond motifs is 12. The highest BCUT2D eigenvalue weighted by atomic mass is 14.0. The summed E-state index contributed by atoms with van der Waals surface area (Å²) in [4.78, 5) is 0. The van der Waals surface area contributed by atoms with E-state index in [9.17, 15) is 0 Å². The molecule has 0 nitrogen and oxygen atoms in total. The molecule has 0 spiro atoms. The average molecular weight is 1180 g/mol. The van der Waals surface area contributed by atoms with Gasteiger partial charge in [-0.05, 0) is 155 Å². The van der Waals surface area contributed by atoms with E-state index in [4.69, 9.17) is 0 Å². The average Bonchev–Trinajstić information content (AvgIpc) is 1.29. The van der Waals surface area contributed by atoms with Gasteiger partial charge in [-0.25, -0.2) is 0 Å². The molecule has 0 amide bonds. The third-order valence-electron chi connectivity index (χ3n) is 16.1. The van der Waals surface area contributed by atoms with Gasteiger partial charge in [-0.1, -0.05) is 388 Å². The predicted molar refractivity (Wildman–Crippen MR) is 404 cm³/mol. The summed E-state index contributed by atoms with van der Waals surface area (Å²) in [5.41, 5.74) is 0. The molecular weight excluding hydrogens is 1110 g/mol. The monoisotopic (exact) mass is 1170 g/mol. The molecule has 0 atom stereocenters. The van der Waals surface area contributed by atoms with Gasteiger partial charge in [0.1, 0.15) is 0 Å². The Morgan fingerprint density at radius 2 is 0.185 bits per heavy atom. The zero-order valence-electron chi connectivity index (χ0n) is 51.4. The molecule has 0 radical (unpaired) electrons. The van der Waals surface area contributed by atoms with E-state index in [1.165, 1.54) is 118 Å². The van der Waals surface area contributed by atoms with Crippen LogP contribution in [0.4, 0.5) is 0 Å². The van der Waals surface area contributed by atoms with E-state index in [0.717, 1.165) is 0 Å². The second-order valence-electron chi connectivity index (χ2n) is 22.3. The van der Waals surface area contributed by atoms with Crippen molar-refractivity contribution in [2.75, 3.05) is 0 Å². The molecule has 0 unspecified atom stereocenters. The zero-order valence-corrected chi connectivity index (χ0v) is 51.4. The van der Waals surface area contributed by atoms with E-state index in [-0.39, 0.29) is 0 Å². The summed E-state index contributed by atoms with van der Waals surface area (Å²) >= 11 is 0. The molecule has 92 heavy (non-hydrogen) atoms. The maximum absolute atomic E-state index is 2.24. The van der Waals surface area contributed by atoms with Crippen molar-refractivity contribution in [3.05, 3.63) is 425 Å². The molecule has 19 aromatic carbocycles. The second kappa shape index (κ2) is 31.3. The van der Waals surface area contributed by atoms with E-state index in [2.05, 4.69) is 388 Å². The fourth-order valence-corrected chi connectivity index (χ4v) is 11.4.